The van der Waals surface area contributed by atoms with Crippen LogP contribution in [0.4, 0.5) is 4.79 Å². The van der Waals surface area contributed by atoms with Crippen molar-refractivity contribution in [3.8, 4) is 6.07 Å². The zero-order chi connectivity index (χ0) is 15.0. The molecule has 0 aliphatic carbocycles. The van der Waals surface area contributed by atoms with Gasteiger partial charge in [0.2, 0.25) is 0 Å². The SMILES string of the molecule is N#Cc1cc(Br)cc2c(C3CCN(C(=O)[O-])CC3)[nH]nc12. The molecule has 1 saturated heterocycles. The first kappa shape index (κ1) is 13.9. The minimum Gasteiger partial charge on any atom is -0.530 e. The summed E-state index contributed by atoms with van der Waals surface area (Å²) in [7, 11) is 0. The fourth-order valence-electron chi connectivity index (χ4n) is 2.85. The first-order valence-electron chi connectivity index (χ1n) is 6.63. The molecule has 7 heteroatoms. The van der Waals surface area contributed by atoms with E-state index >= 15 is 0 Å². The summed E-state index contributed by atoms with van der Waals surface area (Å²) in [6, 6.07) is 5.83. The third-order valence-corrected chi connectivity index (χ3v) is 4.39. The second kappa shape index (κ2) is 5.37. The zero-order valence-corrected chi connectivity index (χ0v) is 12.7. The number of carboxylic acid groups (broad SMARTS) is 1. The summed E-state index contributed by atoms with van der Waals surface area (Å²) >= 11 is 3.41. The van der Waals surface area contributed by atoms with E-state index in [1.54, 1.807) is 6.07 Å². The van der Waals surface area contributed by atoms with E-state index in [0.717, 1.165) is 28.4 Å². The van der Waals surface area contributed by atoms with Crippen LogP contribution in [0.25, 0.3) is 10.9 Å². The number of benzene rings is 1. The third-order valence-electron chi connectivity index (χ3n) is 3.93. The Labute approximate surface area is 129 Å². The number of hydrogen-bond acceptors (Lipinski definition) is 4. The highest BCUT2D eigenvalue weighted by Crippen LogP contribution is 2.33. The molecular formula is C14H12BrN4O2-. The number of aromatic amines is 1. The molecule has 1 N–H and O–H groups in total. The van der Waals surface area contributed by atoms with Crippen LogP contribution in [-0.4, -0.2) is 34.3 Å². The Balaban J connectivity index is 1.94. The maximum Gasteiger partial charge on any atom is 0.136 e. The fourth-order valence-corrected chi connectivity index (χ4v) is 3.31. The summed E-state index contributed by atoms with van der Waals surface area (Å²) in [5.74, 6) is 0.214. The second-order valence-electron chi connectivity index (χ2n) is 5.13. The van der Waals surface area contributed by atoms with Gasteiger partial charge < -0.3 is 14.8 Å². The van der Waals surface area contributed by atoms with Gasteiger partial charge in [-0.25, -0.2) is 0 Å². The van der Waals surface area contributed by atoms with Crippen LogP contribution < -0.4 is 5.11 Å². The van der Waals surface area contributed by atoms with E-state index in [1.165, 1.54) is 4.90 Å². The number of nitrogens with zero attached hydrogens (tertiary/aromatic N) is 3. The van der Waals surface area contributed by atoms with Crippen molar-refractivity contribution in [1.82, 2.24) is 15.1 Å². The second-order valence-corrected chi connectivity index (χ2v) is 6.04. The molecule has 2 aromatic rings. The number of carbonyl (C=O) groups is 1. The number of likely N-dealkylation sites (tertiary alicyclic amines) is 1. The van der Waals surface area contributed by atoms with E-state index < -0.39 is 6.09 Å². The number of halogens is 1. The molecular weight excluding hydrogens is 336 g/mol. The monoisotopic (exact) mass is 347 g/mol. The van der Waals surface area contributed by atoms with Crippen LogP contribution in [0.3, 0.4) is 0 Å². The summed E-state index contributed by atoms with van der Waals surface area (Å²) < 4.78 is 0.835. The molecule has 21 heavy (non-hydrogen) atoms. The van der Waals surface area contributed by atoms with Gasteiger partial charge in [-0.3, -0.25) is 5.10 Å². The Morgan fingerprint density at radius 3 is 2.81 bits per heavy atom. The summed E-state index contributed by atoms with van der Waals surface area (Å²) in [4.78, 5) is 12.2. The van der Waals surface area contributed by atoms with Gasteiger partial charge in [-0.2, -0.15) is 10.4 Å². The lowest BCUT2D eigenvalue weighted by Gasteiger charge is -2.33. The molecule has 1 aromatic heterocycles. The van der Waals surface area contributed by atoms with Gasteiger partial charge in [0.1, 0.15) is 17.7 Å². The smallest absolute Gasteiger partial charge is 0.136 e. The first-order valence-corrected chi connectivity index (χ1v) is 7.43. The molecule has 1 amide bonds. The Morgan fingerprint density at radius 2 is 2.19 bits per heavy atom. The molecule has 0 bridgehead atoms. The van der Waals surface area contributed by atoms with Gasteiger partial charge in [-0.1, -0.05) is 15.9 Å². The van der Waals surface area contributed by atoms with E-state index in [4.69, 9.17) is 0 Å². The summed E-state index contributed by atoms with van der Waals surface area (Å²) in [6.07, 6.45) is 0.330. The normalized spacial score (nSPS) is 16.1. The molecule has 108 valence electrons. The minimum absolute atomic E-state index is 0.214. The number of H-pyrrole nitrogens is 1. The standard InChI is InChI=1S/C14H13BrN4O2/c15-10-5-9(7-16)13-11(6-10)12(17-18-13)8-1-3-19(4-2-8)14(20)21/h5-6,8H,1-4H2,(H,17,18)(H,20,21)/p-1. The van der Waals surface area contributed by atoms with Crippen LogP contribution >= 0.6 is 15.9 Å². The maximum atomic E-state index is 10.8. The predicted octanol–water partition coefficient (Wildman–Crippen LogP) is 1.72. The van der Waals surface area contributed by atoms with E-state index in [1.807, 2.05) is 6.07 Å². The predicted molar refractivity (Wildman–Crippen MR) is 77.5 cm³/mol. The zero-order valence-electron chi connectivity index (χ0n) is 11.1. The van der Waals surface area contributed by atoms with Gasteiger partial charge in [0, 0.05) is 34.6 Å². The molecule has 0 radical (unpaired) electrons. The highest BCUT2D eigenvalue weighted by atomic mass is 79.9. The lowest BCUT2D eigenvalue weighted by molar-refractivity contribution is -0.266. The van der Waals surface area contributed by atoms with Crippen molar-refractivity contribution in [2.24, 2.45) is 0 Å². The summed E-state index contributed by atoms with van der Waals surface area (Å²) in [5, 5.41) is 28.2. The van der Waals surface area contributed by atoms with Crippen molar-refractivity contribution in [3.63, 3.8) is 0 Å². The Hall–Kier alpha value is -2.07. The fraction of sp³-hybridized carbons (Fsp3) is 0.357. The first-order chi connectivity index (χ1) is 10.1. The maximum absolute atomic E-state index is 10.8. The van der Waals surface area contributed by atoms with E-state index in [9.17, 15) is 15.2 Å². The van der Waals surface area contributed by atoms with Crippen molar-refractivity contribution in [1.29, 1.82) is 5.26 Å². The number of hydrogen-bond donors (Lipinski definition) is 1. The van der Waals surface area contributed by atoms with Crippen molar-refractivity contribution >= 4 is 32.9 Å². The summed E-state index contributed by atoms with van der Waals surface area (Å²) in [6.45, 7) is 0.930. The molecule has 1 aromatic carbocycles. The highest BCUT2D eigenvalue weighted by molar-refractivity contribution is 9.10. The Kier molecular flexibility index (Phi) is 3.55. The highest BCUT2D eigenvalue weighted by Gasteiger charge is 2.24. The molecule has 1 aliphatic rings. The quantitative estimate of drug-likeness (QED) is 0.849. The van der Waals surface area contributed by atoms with Crippen molar-refractivity contribution in [3.05, 3.63) is 27.9 Å². The van der Waals surface area contributed by atoms with Gasteiger partial charge in [-0.15, -0.1) is 0 Å². The molecule has 3 rings (SSSR count). The van der Waals surface area contributed by atoms with E-state index in [0.29, 0.717) is 24.2 Å². The Morgan fingerprint density at radius 1 is 1.48 bits per heavy atom. The number of aromatic nitrogens is 2. The number of nitrogens with one attached hydrogen (secondary N) is 1. The molecule has 2 heterocycles. The summed E-state index contributed by atoms with van der Waals surface area (Å²) in [5.41, 5.74) is 2.16. The van der Waals surface area contributed by atoms with Crippen LogP contribution in [0.15, 0.2) is 16.6 Å². The minimum atomic E-state index is -1.11. The van der Waals surface area contributed by atoms with Crippen molar-refractivity contribution in [2.75, 3.05) is 13.1 Å². The topological polar surface area (TPSA) is 95.8 Å². The lowest BCUT2D eigenvalue weighted by atomic mass is 9.91. The molecule has 1 fully saturated rings. The third kappa shape index (κ3) is 2.47. The van der Waals surface area contributed by atoms with Gasteiger partial charge >= 0.3 is 0 Å². The van der Waals surface area contributed by atoms with Crippen LogP contribution in [0.2, 0.25) is 0 Å². The number of nitriles is 1. The molecule has 0 unspecified atom stereocenters. The molecule has 6 nitrogen and oxygen atoms in total. The van der Waals surface area contributed by atoms with Gasteiger partial charge in [0.15, 0.2) is 0 Å². The number of piperidine rings is 1. The molecule has 0 saturated carbocycles. The van der Waals surface area contributed by atoms with Crippen LogP contribution in [0.1, 0.15) is 30.0 Å². The molecule has 0 atom stereocenters. The number of rotatable bonds is 1. The number of fused-ring (bicyclic) bond motifs is 1. The lowest BCUT2D eigenvalue weighted by Crippen LogP contribution is -2.45. The van der Waals surface area contributed by atoms with Crippen LogP contribution in [0.5, 0.6) is 0 Å². The number of amides is 1. The van der Waals surface area contributed by atoms with Gasteiger partial charge in [0.05, 0.1) is 5.56 Å². The Bertz CT molecular complexity index is 741. The van der Waals surface area contributed by atoms with Crippen molar-refractivity contribution < 1.29 is 9.90 Å². The molecule has 0 spiro atoms. The van der Waals surface area contributed by atoms with Gasteiger partial charge in [-0.05, 0) is 25.0 Å². The van der Waals surface area contributed by atoms with E-state index in [-0.39, 0.29) is 5.92 Å². The van der Waals surface area contributed by atoms with Crippen LogP contribution in [-0.2, 0) is 0 Å². The average molecular weight is 348 g/mol. The van der Waals surface area contributed by atoms with Crippen molar-refractivity contribution in [2.45, 2.75) is 18.8 Å². The largest absolute Gasteiger partial charge is 0.530 e. The van der Waals surface area contributed by atoms with Gasteiger partial charge in [0.25, 0.3) is 0 Å². The van der Waals surface area contributed by atoms with Crippen LogP contribution in [0, 0.1) is 11.3 Å². The van der Waals surface area contributed by atoms with E-state index in [2.05, 4.69) is 32.2 Å². The molecule has 1 aliphatic heterocycles. The average Bonchev–Trinajstić information content (AvgIpc) is 2.90. The number of carbonyl (C=O) groups excluding carboxylic acids is 1.